The van der Waals surface area contributed by atoms with Crippen molar-refractivity contribution in [1.82, 2.24) is 14.5 Å². The highest BCUT2D eigenvalue weighted by molar-refractivity contribution is 6.09. The maximum absolute atomic E-state index is 12.5. The van der Waals surface area contributed by atoms with Gasteiger partial charge in [-0.15, -0.1) is 0 Å². The van der Waals surface area contributed by atoms with Crippen molar-refractivity contribution in [2.24, 2.45) is 4.99 Å². The molecule has 4 aromatic rings. The first kappa shape index (κ1) is 14.2. The molecule has 1 unspecified atom stereocenters. The second-order valence-electron chi connectivity index (χ2n) is 6.41. The molecule has 5 heteroatoms. The Hall–Kier alpha value is -3.21. The highest BCUT2D eigenvalue weighted by Crippen LogP contribution is 2.30. The number of fused-ring (bicyclic) bond motifs is 3. The van der Waals surface area contributed by atoms with E-state index < -0.39 is 0 Å². The van der Waals surface area contributed by atoms with Crippen molar-refractivity contribution in [2.75, 3.05) is 0 Å². The van der Waals surface area contributed by atoms with Gasteiger partial charge in [0.05, 0.1) is 17.8 Å². The second-order valence-corrected chi connectivity index (χ2v) is 6.41. The quantitative estimate of drug-likeness (QED) is 0.585. The molecule has 0 saturated carbocycles. The summed E-state index contributed by atoms with van der Waals surface area (Å²) in [5.74, 6) is 0. The average Bonchev–Trinajstić information content (AvgIpc) is 3.30. The maximum atomic E-state index is 12.5. The van der Waals surface area contributed by atoms with Crippen molar-refractivity contribution in [2.45, 2.75) is 18.9 Å². The number of nitrogens with zero attached hydrogens (tertiary/aromatic N) is 3. The summed E-state index contributed by atoms with van der Waals surface area (Å²) in [6, 6.07) is 10.8. The molecule has 2 aromatic heterocycles. The van der Waals surface area contributed by atoms with E-state index in [1.54, 1.807) is 18.7 Å². The van der Waals surface area contributed by atoms with Crippen LogP contribution in [0.5, 0.6) is 0 Å². The number of aryl methyl sites for hydroxylation is 1. The zero-order chi connectivity index (χ0) is 16.8. The molecule has 1 atom stereocenters. The number of imidazole rings is 1. The van der Waals surface area contributed by atoms with Crippen LogP contribution in [-0.2, 0) is 6.42 Å². The predicted molar refractivity (Wildman–Crippen MR) is 99.8 cm³/mol. The van der Waals surface area contributed by atoms with Crippen LogP contribution in [0.1, 0.15) is 12.0 Å². The Labute approximate surface area is 143 Å². The maximum Gasteiger partial charge on any atom is 0.256 e. The van der Waals surface area contributed by atoms with E-state index in [-0.39, 0.29) is 5.56 Å². The topological polar surface area (TPSA) is 63.0 Å². The number of H-pyrrole nitrogens is 1. The summed E-state index contributed by atoms with van der Waals surface area (Å²) in [5.41, 5.74) is 2.21. The van der Waals surface area contributed by atoms with Gasteiger partial charge < -0.3 is 9.55 Å². The highest BCUT2D eigenvalue weighted by Gasteiger charge is 2.15. The van der Waals surface area contributed by atoms with E-state index in [4.69, 9.17) is 0 Å². The number of nitrogens with one attached hydrogen (secondary N) is 1. The minimum atomic E-state index is -0.0534. The van der Waals surface area contributed by atoms with Gasteiger partial charge in [-0.3, -0.25) is 9.79 Å². The fraction of sp³-hybridized carbons (Fsp3) is 0.150. The Bertz CT molecular complexity index is 1170. The van der Waals surface area contributed by atoms with Gasteiger partial charge in [-0.1, -0.05) is 12.1 Å². The predicted octanol–water partition coefficient (Wildman–Crippen LogP) is 3.25. The van der Waals surface area contributed by atoms with Gasteiger partial charge in [0.15, 0.2) is 0 Å². The fourth-order valence-electron chi connectivity index (χ4n) is 3.47. The SMILES string of the molecule is O=c1[nH]ccc2cc(CCC3C=N3)c3ccc(-n4ccnc4)cc3c12. The molecule has 0 amide bonds. The number of benzene rings is 2. The zero-order valence-corrected chi connectivity index (χ0v) is 13.5. The number of hydrogen-bond donors (Lipinski definition) is 1. The summed E-state index contributed by atoms with van der Waals surface area (Å²) >= 11 is 0. The Morgan fingerprint density at radius 1 is 1.16 bits per heavy atom. The minimum Gasteiger partial charge on any atom is -0.329 e. The van der Waals surface area contributed by atoms with Gasteiger partial charge >= 0.3 is 0 Å². The van der Waals surface area contributed by atoms with Gasteiger partial charge in [0.25, 0.3) is 5.56 Å². The Kier molecular flexibility index (Phi) is 3.06. The van der Waals surface area contributed by atoms with Crippen LogP contribution < -0.4 is 5.56 Å². The van der Waals surface area contributed by atoms with E-state index in [0.29, 0.717) is 6.04 Å². The first-order chi connectivity index (χ1) is 12.3. The first-order valence-corrected chi connectivity index (χ1v) is 8.38. The lowest BCUT2D eigenvalue weighted by atomic mass is 9.95. The molecular formula is C20H16N4O. The van der Waals surface area contributed by atoms with Crippen LogP contribution in [0.25, 0.3) is 27.2 Å². The zero-order valence-electron chi connectivity index (χ0n) is 13.5. The Morgan fingerprint density at radius 2 is 2.08 bits per heavy atom. The van der Waals surface area contributed by atoms with Gasteiger partial charge in [0.1, 0.15) is 0 Å². The summed E-state index contributed by atoms with van der Waals surface area (Å²) in [6.45, 7) is 0. The number of aromatic amines is 1. The molecule has 1 aliphatic rings. The van der Waals surface area contributed by atoms with Crippen LogP contribution in [0.3, 0.4) is 0 Å². The van der Waals surface area contributed by atoms with E-state index in [9.17, 15) is 4.79 Å². The largest absolute Gasteiger partial charge is 0.329 e. The molecule has 122 valence electrons. The molecule has 0 fully saturated rings. The number of aromatic nitrogens is 3. The summed E-state index contributed by atoms with van der Waals surface area (Å²) in [7, 11) is 0. The molecular weight excluding hydrogens is 312 g/mol. The molecule has 0 aliphatic carbocycles. The molecule has 25 heavy (non-hydrogen) atoms. The molecule has 1 aliphatic heterocycles. The minimum absolute atomic E-state index is 0.0534. The van der Waals surface area contributed by atoms with Crippen LogP contribution in [-0.4, -0.2) is 26.8 Å². The van der Waals surface area contributed by atoms with Crippen molar-refractivity contribution in [3.63, 3.8) is 0 Å². The number of aliphatic imine (C=N–C) groups is 1. The highest BCUT2D eigenvalue weighted by atomic mass is 16.1. The Morgan fingerprint density at radius 3 is 2.88 bits per heavy atom. The Balaban J connectivity index is 1.78. The van der Waals surface area contributed by atoms with Crippen LogP contribution >= 0.6 is 0 Å². The van der Waals surface area contributed by atoms with Crippen LogP contribution in [0.4, 0.5) is 0 Å². The molecule has 3 heterocycles. The molecule has 0 spiro atoms. The lowest BCUT2D eigenvalue weighted by molar-refractivity contribution is 0.831. The molecule has 1 N–H and O–H groups in total. The molecule has 2 aromatic carbocycles. The third-order valence-corrected chi connectivity index (χ3v) is 4.81. The molecule has 5 nitrogen and oxygen atoms in total. The lowest BCUT2D eigenvalue weighted by Crippen LogP contribution is -2.06. The third kappa shape index (κ3) is 2.45. The lowest BCUT2D eigenvalue weighted by Gasteiger charge is -2.12. The van der Waals surface area contributed by atoms with Gasteiger partial charge in [-0.2, -0.15) is 0 Å². The van der Waals surface area contributed by atoms with Crippen LogP contribution in [0.15, 0.2) is 65.0 Å². The van der Waals surface area contributed by atoms with Crippen LogP contribution in [0.2, 0.25) is 0 Å². The third-order valence-electron chi connectivity index (χ3n) is 4.81. The van der Waals surface area contributed by atoms with Gasteiger partial charge in [0, 0.05) is 30.5 Å². The molecule has 0 radical (unpaired) electrons. The number of hydrogen-bond acceptors (Lipinski definition) is 3. The summed E-state index contributed by atoms with van der Waals surface area (Å²) in [6.07, 6.45) is 11.1. The van der Waals surface area contributed by atoms with E-state index in [0.717, 1.165) is 40.1 Å². The standard InChI is InChI=1S/C20H16N4O/c25-20-19-14(5-6-22-20)9-13(1-2-15-11-23-15)17-4-3-16(10-18(17)19)24-8-7-21-12-24/h3-12,15H,1-2H2,(H,22,25). The monoisotopic (exact) mass is 328 g/mol. The van der Waals surface area contributed by atoms with Gasteiger partial charge in [-0.05, 0) is 52.8 Å². The molecule has 0 bridgehead atoms. The first-order valence-electron chi connectivity index (χ1n) is 8.38. The van der Waals surface area contributed by atoms with E-state index in [1.807, 2.05) is 23.0 Å². The van der Waals surface area contributed by atoms with Gasteiger partial charge in [-0.25, -0.2) is 4.98 Å². The normalized spacial score (nSPS) is 15.9. The van der Waals surface area contributed by atoms with E-state index in [2.05, 4.69) is 39.2 Å². The summed E-state index contributed by atoms with van der Waals surface area (Å²) < 4.78 is 1.95. The number of pyridine rings is 1. The van der Waals surface area contributed by atoms with Crippen LogP contribution in [0, 0.1) is 0 Å². The summed E-state index contributed by atoms with van der Waals surface area (Å²) in [5, 5.41) is 3.84. The second kappa shape index (κ2) is 5.41. The van der Waals surface area contributed by atoms with E-state index in [1.165, 1.54) is 5.56 Å². The fourth-order valence-corrected chi connectivity index (χ4v) is 3.47. The average molecular weight is 328 g/mol. The van der Waals surface area contributed by atoms with Crippen molar-refractivity contribution >= 4 is 27.8 Å². The van der Waals surface area contributed by atoms with Crippen molar-refractivity contribution in [3.8, 4) is 5.69 Å². The smallest absolute Gasteiger partial charge is 0.256 e. The van der Waals surface area contributed by atoms with Crippen molar-refractivity contribution < 1.29 is 0 Å². The van der Waals surface area contributed by atoms with Crippen molar-refractivity contribution in [3.05, 3.63) is 71.2 Å². The molecule has 5 rings (SSSR count). The van der Waals surface area contributed by atoms with Crippen molar-refractivity contribution in [1.29, 1.82) is 0 Å². The number of rotatable bonds is 4. The molecule has 0 saturated heterocycles. The van der Waals surface area contributed by atoms with Gasteiger partial charge in [0.2, 0.25) is 0 Å². The summed E-state index contributed by atoms with van der Waals surface area (Å²) in [4.78, 5) is 23.6. The van der Waals surface area contributed by atoms with E-state index >= 15 is 0 Å².